The van der Waals surface area contributed by atoms with E-state index in [-0.39, 0.29) is 0 Å². The number of rotatable bonds is 3. The van der Waals surface area contributed by atoms with E-state index in [1.807, 2.05) is 54.6 Å². The molecule has 0 radical (unpaired) electrons. The van der Waals surface area contributed by atoms with Crippen LogP contribution in [0.15, 0.2) is 55.1 Å². The zero-order valence-corrected chi connectivity index (χ0v) is 14.1. The highest BCUT2D eigenvalue weighted by Gasteiger charge is 2.09. The van der Waals surface area contributed by atoms with Crippen LogP contribution in [0.25, 0.3) is 28.0 Å². The van der Waals surface area contributed by atoms with Crippen LogP contribution in [0, 0.1) is 18.3 Å². The van der Waals surface area contributed by atoms with Gasteiger partial charge in [-0.25, -0.2) is 4.98 Å². The van der Waals surface area contributed by atoms with E-state index >= 15 is 0 Å². The summed E-state index contributed by atoms with van der Waals surface area (Å²) in [5.74, 6) is 0. The Labute approximate surface area is 145 Å². The topological polar surface area (TPSA) is 58.9 Å². The van der Waals surface area contributed by atoms with Gasteiger partial charge in [0.05, 0.1) is 29.7 Å². The zero-order chi connectivity index (χ0) is 17.4. The van der Waals surface area contributed by atoms with Gasteiger partial charge in [0.1, 0.15) is 5.65 Å². The molecule has 4 aromatic rings. The number of hydrogen-bond donors (Lipinski definition) is 0. The normalized spacial score (nSPS) is 10.9. The molecule has 122 valence electrons. The first-order valence-electron chi connectivity index (χ1n) is 8.20. The smallest absolute Gasteiger partial charge is 0.137 e. The quantitative estimate of drug-likeness (QED) is 0.570. The third-order valence-corrected chi connectivity index (χ3v) is 4.45. The van der Waals surface area contributed by atoms with Gasteiger partial charge in [-0.3, -0.25) is 9.08 Å². The van der Waals surface area contributed by atoms with Gasteiger partial charge in [0.15, 0.2) is 0 Å². The minimum atomic E-state index is 0.702. The molecule has 3 heterocycles. The highest BCUT2D eigenvalue weighted by molar-refractivity contribution is 5.70. The van der Waals surface area contributed by atoms with Gasteiger partial charge < -0.3 is 0 Å². The summed E-state index contributed by atoms with van der Waals surface area (Å²) in [6, 6.07) is 12.2. The zero-order valence-electron chi connectivity index (χ0n) is 14.1. The second kappa shape index (κ2) is 5.91. The Balaban J connectivity index is 1.78. The Hall–Kier alpha value is -3.39. The summed E-state index contributed by atoms with van der Waals surface area (Å²) in [6.45, 7) is 4.88. The number of aromatic nitrogens is 4. The number of pyridine rings is 1. The molecule has 5 heteroatoms. The number of nitrogens with zero attached hydrogens (tertiary/aromatic N) is 5. The maximum absolute atomic E-state index is 9.10. The third-order valence-electron chi connectivity index (χ3n) is 4.45. The Kier molecular flexibility index (Phi) is 3.58. The Morgan fingerprint density at radius 3 is 2.68 bits per heavy atom. The summed E-state index contributed by atoms with van der Waals surface area (Å²) >= 11 is 0. The minimum Gasteiger partial charge on any atom is -0.300 e. The van der Waals surface area contributed by atoms with E-state index in [4.69, 9.17) is 5.26 Å². The Morgan fingerprint density at radius 1 is 1.08 bits per heavy atom. The van der Waals surface area contributed by atoms with Crippen molar-refractivity contribution in [3.8, 4) is 28.5 Å². The molecule has 3 aromatic heterocycles. The number of aryl methyl sites for hydroxylation is 2. The Bertz CT molecular complexity index is 1110. The fourth-order valence-corrected chi connectivity index (χ4v) is 3.01. The average molecular weight is 327 g/mol. The fraction of sp³-hybridized carbons (Fsp3) is 0.150. The van der Waals surface area contributed by atoms with Gasteiger partial charge in [0, 0.05) is 30.1 Å². The summed E-state index contributed by atoms with van der Waals surface area (Å²) < 4.78 is 3.98. The molecule has 0 saturated heterocycles. The van der Waals surface area contributed by atoms with E-state index in [2.05, 4.69) is 39.6 Å². The monoisotopic (exact) mass is 327 g/mol. The third kappa shape index (κ3) is 2.58. The van der Waals surface area contributed by atoms with E-state index in [9.17, 15) is 0 Å². The molecule has 5 nitrogen and oxygen atoms in total. The van der Waals surface area contributed by atoms with Gasteiger partial charge in [0.25, 0.3) is 0 Å². The lowest BCUT2D eigenvalue weighted by molar-refractivity contribution is 0.660. The maximum atomic E-state index is 9.10. The standard InChI is InChI=1S/C20H17N5/c1-3-24-13-18(11-23-24)15-6-7-25-19(12-22-20(25)9-15)16-4-5-17(10-21)14(2)8-16/h4-9,11-13H,3H2,1-2H3. The SMILES string of the molecule is CCn1cc(-c2ccn3c(-c4ccc(C#N)c(C)c4)cnc3c2)cn1. The van der Waals surface area contributed by atoms with Gasteiger partial charge in [-0.05, 0) is 49.2 Å². The molecule has 0 unspecified atom stereocenters. The van der Waals surface area contributed by atoms with Crippen LogP contribution in [0.2, 0.25) is 0 Å². The summed E-state index contributed by atoms with van der Waals surface area (Å²) in [6.07, 6.45) is 7.82. The van der Waals surface area contributed by atoms with E-state index in [0.717, 1.165) is 40.1 Å². The summed E-state index contributed by atoms with van der Waals surface area (Å²) in [4.78, 5) is 4.55. The van der Waals surface area contributed by atoms with Gasteiger partial charge >= 0.3 is 0 Å². The number of hydrogen-bond acceptors (Lipinski definition) is 3. The molecule has 0 bridgehead atoms. The summed E-state index contributed by atoms with van der Waals surface area (Å²) in [5.41, 5.74) is 6.81. The van der Waals surface area contributed by atoms with Gasteiger partial charge in [0.2, 0.25) is 0 Å². The molecule has 0 fully saturated rings. The van der Waals surface area contributed by atoms with E-state index in [1.165, 1.54) is 0 Å². The van der Waals surface area contributed by atoms with Crippen molar-refractivity contribution in [1.82, 2.24) is 19.2 Å². The molecule has 0 spiro atoms. The first-order chi connectivity index (χ1) is 12.2. The van der Waals surface area contributed by atoms with Crippen molar-refractivity contribution >= 4 is 5.65 Å². The van der Waals surface area contributed by atoms with Gasteiger partial charge in [-0.1, -0.05) is 6.07 Å². The molecule has 1 aromatic carbocycles. The summed E-state index contributed by atoms with van der Waals surface area (Å²) in [7, 11) is 0. The lowest BCUT2D eigenvalue weighted by Gasteiger charge is -2.05. The minimum absolute atomic E-state index is 0.702. The number of fused-ring (bicyclic) bond motifs is 1. The predicted octanol–water partition coefficient (Wildman–Crippen LogP) is 4.06. The van der Waals surface area contributed by atoms with Crippen LogP contribution in [0.3, 0.4) is 0 Å². The van der Waals surface area contributed by atoms with Crippen LogP contribution in [0.4, 0.5) is 0 Å². The van der Waals surface area contributed by atoms with Crippen LogP contribution in [0.5, 0.6) is 0 Å². The van der Waals surface area contributed by atoms with Crippen LogP contribution in [-0.2, 0) is 6.54 Å². The molecule has 0 saturated carbocycles. The second-order valence-electron chi connectivity index (χ2n) is 6.01. The molecule has 0 N–H and O–H groups in total. The van der Waals surface area contributed by atoms with E-state index in [1.54, 1.807) is 0 Å². The number of benzene rings is 1. The van der Waals surface area contributed by atoms with Crippen molar-refractivity contribution in [3.05, 3.63) is 66.2 Å². The van der Waals surface area contributed by atoms with Crippen molar-refractivity contribution in [3.63, 3.8) is 0 Å². The molecular formula is C20H17N5. The molecule has 0 aliphatic heterocycles. The number of imidazole rings is 1. The van der Waals surface area contributed by atoms with Crippen LogP contribution in [-0.4, -0.2) is 19.2 Å². The van der Waals surface area contributed by atoms with E-state index < -0.39 is 0 Å². The van der Waals surface area contributed by atoms with Crippen molar-refractivity contribution < 1.29 is 0 Å². The van der Waals surface area contributed by atoms with E-state index in [0.29, 0.717) is 5.56 Å². The maximum Gasteiger partial charge on any atom is 0.137 e. The highest BCUT2D eigenvalue weighted by Crippen LogP contribution is 2.26. The predicted molar refractivity (Wildman–Crippen MR) is 97.0 cm³/mol. The van der Waals surface area contributed by atoms with Crippen molar-refractivity contribution in [1.29, 1.82) is 5.26 Å². The highest BCUT2D eigenvalue weighted by atomic mass is 15.3. The van der Waals surface area contributed by atoms with Crippen molar-refractivity contribution in [2.45, 2.75) is 20.4 Å². The largest absolute Gasteiger partial charge is 0.300 e. The molecule has 0 atom stereocenters. The van der Waals surface area contributed by atoms with Crippen molar-refractivity contribution in [2.75, 3.05) is 0 Å². The first-order valence-corrected chi connectivity index (χ1v) is 8.20. The average Bonchev–Trinajstić information content (AvgIpc) is 3.28. The van der Waals surface area contributed by atoms with Crippen molar-refractivity contribution in [2.24, 2.45) is 0 Å². The van der Waals surface area contributed by atoms with Gasteiger partial charge in [-0.15, -0.1) is 0 Å². The second-order valence-corrected chi connectivity index (χ2v) is 6.01. The van der Waals surface area contributed by atoms with Crippen LogP contribution in [0.1, 0.15) is 18.1 Å². The fourth-order valence-electron chi connectivity index (χ4n) is 3.01. The van der Waals surface area contributed by atoms with Crippen LogP contribution >= 0.6 is 0 Å². The summed E-state index contributed by atoms with van der Waals surface area (Å²) in [5, 5.41) is 13.4. The molecule has 0 amide bonds. The number of nitriles is 1. The first kappa shape index (κ1) is 15.2. The molecule has 0 aliphatic carbocycles. The molecular weight excluding hydrogens is 310 g/mol. The lowest BCUT2D eigenvalue weighted by atomic mass is 10.0. The Morgan fingerprint density at radius 2 is 1.96 bits per heavy atom. The molecule has 0 aliphatic rings. The molecule has 25 heavy (non-hydrogen) atoms. The van der Waals surface area contributed by atoms with Crippen LogP contribution < -0.4 is 0 Å². The molecule has 4 rings (SSSR count). The van der Waals surface area contributed by atoms with Gasteiger partial charge in [-0.2, -0.15) is 10.4 Å². The lowest BCUT2D eigenvalue weighted by Crippen LogP contribution is -1.92.